The van der Waals surface area contributed by atoms with E-state index < -0.39 is 5.82 Å². The van der Waals surface area contributed by atoms with Gasteiger partial charge in [0.15, 0.2) is 6.61 Å². The molecule has 0 aliphatic carbocycles. The van der Waals surface area contributed by atoms with Crippen LogP contribution in [0.15, 0.2) is 18.2 Å². The summed E-state index contributed by atoms with van der Waals surface area (Å²) in [5, 5.41) is -0.0293. The smallest absolute Gasteiger partial charge is 0.260 e. The highest BCUT2D eigenvalue weighted by atomic mass is 35.5. The summed E-state index contributed by atoms with van der Waals surface area (Å²) >= 11 is 5.73. The van der Waals surface area contributed by atoms with Crippen LogP contribution in [0.2, 0.25) is 5.02 Å². The van der Waals surface area contributed by atoms with E-state index in [0.717, 1.165) is 25.8 Å². The Labute approximate surface area is 158 Å². The van der Waals surface area contributed by atoms with Crippen LogP contribution in [0, 0.1) is 11.2 Å². The molecule has 1 aromatic rings. The lowest BCUT2D eigenvalue weighted by atomic mass is 9.73. The van der Waals surface area contributed by atoms with Gasteiger partial charge in [0.25, 0.3) is 5.91 Å². The van der Waals surface area contributed by atoms with Gasteiger partial charge in [0.1, 0.15) is 11.6 Å². The molecule has 1 spiro atoms. The van der Waals surface area contributed by atoms with Crippen molar-refractivity contribution in [2.45, 2.75) is 32.6 Å². The summed E-state index contributed by atoms with van der Waals surface area (Å²) in [7, 11) is 0. The Morgan fingerprint density at radius 1 is 1.35 bits per heavy atom. The normalized spacial score (nSPS) is 23.4. The molecule has 7 heteroatoms. The maximum absolute atomic E-state index is 13.2. The summed E-state index contributed by atoms with van der Waals surface area (Å²) < 4.78 is 18.7. The number of hydrogen-bond acceptors (Lipinski definition) is 3. The molecule has 2 aliphatic heterocycles. The molecule has 2 aliphatic rings. The van der Waals surface area contributed by atoms with Crippen LogP contribution < -0.4 is 4.74 Å². The zero-order chi connectivity index (χ0) is 18.7. The number of hydrogen-bond donors (Lipinski definition) is 0. The fraction of sp³-hybridized carbons (Fsp3) is 0.579. The lowest BCUT2D eigenvalue weighted by Crippen LogP contribution is -2.55. The Morgan fingerprint density at radius 2 is 2.15 bits per heavy atom. The number of benzene rings is 1. The van der Waals surface area contributed by atoms with E-state index in [2.05, 4.69) is 0 Å². The highest BCUT2D eigenvalue weighted by molar-refractivity contribution is 6.30. The number of halogens is 2. The summed E-state index contributed by atoms with van der Waals surface area (Å²) in [6, 6.07) is 4.04. The Kier molecular flexibility index (Phi) is 5.70. The van der Waals surface area contributed by atoms with Crippen molar-refractivity contribution >= 4 is 23.4 Å². The average Bonchev–Trinajstić information content (AvgIpc) is 2.65. The molecule has 0 aromatic heterocycles. The van der Waals surface area contributed by atoms with Gasteiger partial charge in [0.05, 0.1) is 5.02 Å². The highest BCUT2D eigenvalue weighted by Crippen LogP contribution is 2.38. The number of nitrogens with zero attached hydrogens (tertiary/aromatic N) is 2. The first-order valence-electron chi connectivity index (χ1n) is 9.06. The zero-order valence-electron chi connectivity index (χ0n) is 15.0. The van der Waals surface area contributed by atoms with Crippen LogP contribution in [0.25, 0.3) is 0 Å². The molecule has 2 heterocycles. The zero-order valence-corrected chi connectivity index (χ0v) is 15.7. The first-order valence-corrected chi connectivity index (χ1v) is 9.44. The van der Waals surface area contributed by atoms with Gasteiger partial charge < -0.3 is 14.5 Å². The van der Waals surface area contributed by atoms with Crippen LogP contribution in [-0.4, -0.2) is 54.4 Å². The molecule has 0 radical (unpaired) electrons. The molecule has 0 unspecified atom stereocenters. The summed E-state index contributed by atoms with van der Waals surface area (Å²) in [5.74, 6) is -0.0323. The molecule has 142 valence electrons. The van der Waals surface area contributed by atoms with Gasteiger partial charge >= 0.3 is 0 Å². The van der Waals surface area contributed by atoms with Gasteiger partial charge in [-0.1, -0.05) is 11.6 Å². The van der Waals surface area contributed by atoms with E-state index in [-0.39, 0.29) is 28.9 Å². The van der Waals surface area contributed by atoms with Crippen LogP contribution in [0.1, 0.15) is 32.6 Å². The number of ether oxygens (including phenoxy) is 1. The van der Waals surface area contributed by atoms with Gasteiger partial charge in [-0.3, -0.25) is 9.59 Å². The maximum Gasteiger partial charge on any atom is 0.260 e. The molecule has 1 atom stereocenters. The fourth-order valence-electron chi connectivity index (χ4n) is 3.95. The summed E-state index contributed by atoms with van der Waals surface area (Å²) in [6.07, 6.45) is 3.36. The number of rotatable bonds is 4. The molecular weight excluding hydrogens is 359 g/mol. The van der Waals surface area contributed by atoms with E-state index in [1.54, 1.807) is 0 Å². The topological polar surface area (TPSA) is 49.9 Å². The minimum Gasteiger partial charge on any atom is -0.484 e. The molecule has 2 amide bonds. The van der Waals surface area contributed by atoms with E-state index in [0.29, 0.717) is 31.8 Å². The van der Waals surface area contributed by atoms with Gasteiger partial charge in [0.2, 0.25) is 5.91 Å². The standard InChI is InChI=1S/C19H24ClFN2O3/c1-2-22-12-19(8-6-17(22)24)7-3-9-23(13-19)18(25)11-26-14-4-5-16(21)15(20)10-14/h4-5,10H,2-3,6-9,11-13H2,1H3/t19-/m0/s1. The van der Waals surface area contributed by atoms with E-state index in [4.69, 9.17) is 16.3 Å². The largest absolute Gasteiger partial charge is 0.484 e. The quantitative estimate of drug-likeness (QED) is 0.804. The second kappa shape index (κ2) is 7.82. The van der Waals surface area contributed by atoms with Crippen molar-refractivity contribution in [2.24, 2.45) is 5.41 Å². The van der Waals surface area contributed by atoms with Crippen LogP contribution in [0.5, 0.6) is 5.75 Å². The Balaban J connectivity index is 1.59. The van der Waals surface area contributed by atoms with Crippen molar-refractivity contribution in [3.8, 4) is 5.75 Å². The molecule has 2 saturated heterocycles. The van der Waals surface area contributed by atoms with E-state index >= 15 is 0 Å². The third-order valence-electron chi connectivity index (χ3n) is 5.40. The molecule has 0 saturated carbocycles. The van der Waals surface area contributed by atoms with Gasteiger partial charge in [-0.25, -0.2) is 4.39 Å². The summed E-state index contributed by atoms with van der Waals surface area (Å²) in [5.41, 5.74) is -0.00296. The number of carbonyl (C=O) groups is 2. The lowest BCUT2D eigenvalue weighted by Gasteiger charge is -2.48. The summed E-state index contributed by atoms with van der Waals surface area (Å²) in [6.45, 7) is 4.68. The Hall–Kier alpha value is -1.82. The minimum atomic E-state index is -0.518. The van der Waals surface area contributed by atoms with Gasteiger partial charge in [-0.15, -0.1) is 0 Å². The highest BCUT2D eigenvalue weighted by Gasteiger charge is 2.42. The molecule has 2 fully saturated rings. The third kappa shape index (κ3) is 4.11. The molecular formula is C19H24ClFN2O3. The second-order valence-electron chi connectivity index (χ2n) is 7.19. The minimum absolute atomic E-state index is 0.00296. The monoisotopic (exact) mass is 382 g/mol. The van der Waals surface area contributed by atoms with Crippen LogP contribution in [0.3, 0.4) is 0 Å². The number of likely N-dealkylation sites (tertiary alicyclic amines) is 2. The van der Waals surface area contributed by atoms with Crippen molar-refractivity contribution in [3.05, 3.63) is 29.0 Å². The van der Waals surface area contributed by atoms with Crippen molar-refractivity contribution in [1.29, 1.82) is 0 Å². The van der Waals surface area contributed by atoms with Crippen molar-refractivity contribution in [3.63, 3.8) is 0 Å². The Morgan fingerprint density at radius 3 is 2.88 bits per heavy atom. The first-order chi connectivity index (χ1) is 12.4. The predicted octanol–water partition coefficient (Wildman–Crippen LogP) is 3.11. The Bertz CT molecular complexity index is 699. The molecule has 1 aromatic carbocycles. The molecule has 5 nitrogen and oxygen atoms in total. The first kappa shape index (κ1) is 19.0. The van der Waals surface area contributed by atoms with E-state index in [9.17, 15) is 14.0 Å². The van der Waals surface area contributed by atoms with Crippen LogP contribution in [-0.2, 0) is 9.59 Å². The van der Waals surface area contributed by atoms with E-state index in [1.807, 2.05) is 16.7 Å². The van der Waals surface area contributed by atoms with Gasteiger partial charge in [-0.2, -0.15) is 0 Å². The predicted molar refractivity (Wildman–Crippen MR) is 96.6 cm³/mol. The second-order valence-corrected chi connectivity index (χ2v) is 7.60. The van der Waals surface area contributed by atoms with Crippen LogP contribution in [0.4, 0.5) is 4.39 Å². The number of amides is 2. The average molecular weight is 383 g/mol. The van der Waals surface area contributed by atoms with Crippen molar-refractivity contribution in [1.82, 2.24) is 9.80 Å². The molecule has 0 N–H and O–H groups in total. The van der Waals surface area contributed by atoms with E-state index in [1.165, 1.54) is 18.2 Å². The number of carbonyl (C=O) groups excluding carboxylic acids is 2. The molecule has 3 rings (SSSR count). The SMILES string of the molecule is CCN1C[C@]2(CCCN(C(=O)COc3ccc(F)c(Cl)c3)C2)CCC1=O. The maximum atomic E-state index is 13.2. The van der Waals surface area contributed by atoms with Gasteiger partial charge in [0, 0.05) is 44.1 Å². The molecule has 26 heavy (non-hydrogen) atoms. The number of piperidine rings is 2. The summed E-state index contributed by atoms with van der Waals surface area (Å²) in [4.78, 5) is 28.3. The van der Waals surface area contributed by atoms with Gasteiger partial charge in [-0.05, 0) is 38.3 Å². The fourth-order valence-corrected chi connectivity index (χ4v) is 4.12. The van der Waals surface area contributed by atoms with Crippen molar-refractivity contribution in [2.75, 3.05) is 32.8 Å². The van der Waals surface area contributed by atoms with Crippen molar-refractivity contribution < 1.29 is 18.7 Å². The third-order valence-corrected chi connectivity index (χ3v) is 5.69. The molecule has 0 bridgehead atoms. The van der Waals surface area contributed by atoms with Crippen LogP contribution >= 0.6 is 11.6 Å². The lowest BCUT2D eigenvalue weighted by molar-refractivity contribution is -0.143.